The molecule has 0 fully saturated rings. The van der Waals surface area contributed by atoms with Crippen LogP contribution in [-0.2, 0) is 4.74 Å². The van der Waals surface area contributed by atoms with Crippen LogP contribution in [0.3, 0.4) is 0 Å². The lowest BCUT2D eigenvalue weighted by molar-refractivity contribution is 0.0529. The number of hydrogen-bond acceptors (Lipinski definition) is 5. The van der Waals surface area contributed by atoms with Crippen molar-refractivity contribution in [2.45, 2.75) is 20.8 Å². The summed E-state index contributed by atoms with van der Waals surface area (Å²) in [5.41, 5.74) is 3.96. The third kappa shape index (κ3) is 4.94. The molecule has 1 aromatic heterocycles. The number of ether oxygens (including phenoxy) is 1. The zero-order chi connectivity index (χ0) is 21.5. The molecule has 0 aliphatic heterocycles. The van der Waals surface area contributed by atoms with Crippen LogP contribution in [0, 0.1) is 5.82 Å². The van der Waals surface area contributed by atoms with Crippen LogP contribution in [0.5, 0.6) is 0 Å². The van der Waals surface area contributed by atoms with Gasteiger partial charge in [0.1, 0.15) is 16.4 Å². The standard InChI is InChI=1S/C24H25FN2O2S/c1-4-27(5-2)20-13-7-17(8-14-20)15-26-23-22(24(28)29-6-3)21(16-30-23)18-9-11-19(25)12-10-18/h7-16H,4-6H2,1-3H3. The zero-order valence-corrected chi connectivity index (χ0v) is 18.2. The van der Waals surface area contributed by atoms with Crippen molar-refractivity contribution in [1.82, 2.24) is 0 Å². The SMILES string of the molecule is CCOC(=O)c1c(-c2ccc(F)cc2)csc1N=Cc1ccc(N(CC)CC)cc1. The quantitative estimate of drug-likeness (QED) is 0.313. The van der Waals surface area contributed by atoms with Gasteiger partial charge in [-0.2, -0.15) is 0 Å². The number of halogens is 1. The third-order valence-electron chi connectivity index (χ3n) is 4.76. The highest BCUT2D eigenvalue weighted by molar-refractivity contribution is 7.14. The Hall–Kier alpha value is -2.99. The van der Waals surface area contributed by atoms with Crippen LogP contribution in [0.15, 0.2) is 58.9 Å². The minimum absolute atomic E-state index is 0.271. The lowest BCUT2D eigenvalue weighted by Crippen LogP contribution is -2.21. The van der Waals surface area contributed by atoms with Crippen LogP contribution in [0.1, 0.15) is 36.7 Å². The summed E-state index contributed by atoms with van der Waals surface area (Å²) in [6.45, 7) is 8.20. The maximum absolute atomic E-state index is 13.3. The first kappa shape index (κ1) is 21.7. The normalized spacial score (nSPS) is 11.1. The molecule has 156 valence electrons. The number of carbonyl (C=O) groups is 1. The topological polar surface area (TPSA) is 41.9 Å². The molecule has 0 N–H and O–H groups in total. The van der Waals surface area contributed by atoms with Crippen molar-refractivity contribution in [2.75, 3.05) is 24.6 Å². The van der Waals surface area contributed by atoms with Crippen molar-refractivity contribution < 1.29 is 13.9 Å². The second-order valence-corrected chi connectivity index (χ2v) is 7.44. The number of carbonyl (C=O) groups excluding carboxylic acids is 1. The molecule has 0 radical (unpaired) electrons. The van der Waals surface area contributed by atoms with Gasteiger partial charge < -0.3 is 9.64 Å². The summed E-state index contributed by atoms with van der Waals surface area (Å²) in [7, 11) is 0. The maximum atomic E-state index is 13.3. The molecule has 0 aliphatic carbocycles. The van der Waals surface area contributed by atoms with E-state index in [0.29, 0.717) is 16.1 Å². The van der Waals surface area contributed by atoms with Crippen LogP contribution in [0.4, 0.5) is 15.1 Å². The molecule has 0 saturated carbocycles. The Morgan fingerprint density at radius 1 is 1.07 bits per heavy atom. The van der Waals surface area contributed by atoms with E-state index < -0.39 is 5.97 Å². The van der Waals surface area contributed by atoms with E-state index in [4.69, 9.17) is 4.74 Å². The monoisotopic (exact) mass is 424 g/mol. The van der Waals surface area contributed by atoms with E-state index in [1.54, 1.807) is 25.3 Å². The summed E-state index contributed by atoms with van der Waals surface area (Å²) in [6, 6.07) is 14.2. The van der Waals surface area contributed by atoms with Gasteiger partial charge in [-0.1, -0.05) is 24.3 Å². The Balaban J connectivity index is 1.91. The molecule has 0 saturated heterocycles. The molecular formula is C24H25FN2O2S. The number of thiophene rings is 1. The fraction of sp³-hybridized carbons (Fsp3) is 0.250. The zero-order valence-electron chi connectivity index (χ0n) is 17.4. The van der Waals surface area contributed by atoms with Gasteiger partial charge in [0, 0.05) is 35.9 Å². The van der Waals surface area contributed by atoms with Crippen molar-refractivity contribution in [1.29, 1.82) is 0 Å². The summed E-state index contributed by atoms with van der Waals surface area (Å²) in [4.78, 5) is 19.5. The predicted octanol–water partition coefficient (Wildman–Crippen LogP) is 6.33. The van der Waals surface area contributed by atoms with Crippen LogP contribution < -0.4 is 4.90 Å². The Bertz CT molecular complexity index is 1010. The fourth-order valence-electron chi connectivity index (χ4n) is 3.18. The summed E-state index contributed by atoms with van der Waals surface area (Å²) in [5.74, 6) is -0.750. The van der Waals surface area contributed by atoms with E-state index in [0.717, 1.165) is 24.2 Å². The molecule has 3 aromatic rings. The Morgan fingerprint density at radius 3 is 2.33 bits per heavy atom. The molecule has 0 bridgehead atoms. The van der Waals surface area contributed by atoms with Gasteiger partial charge in [0.15, 0.2) is 0 Å². The van der Waals surface area contributed by atoms with Gasteiger partial charge in [-0.25, -0.2) is 14.2 Å². The number of hydrogen-bond donors (Lipinski definition) is 0. The largest absolute Gasteiger partial charge is 0.462 e. The molecule has 3 rings (SSSR count). The van der Waals surface area contributed by atoms with Crippen molar-refractivity contribution in [3.63, 3.8) is 0 Å². The number of esters is 1. The number of rotatable bonds is 8. The molecule has 30 heavy (non-hydrogen) atoms. The highest BCUT2D eigenvalue weighted by Gasteiger charge is 2.21. The molecule has 0 aliphatic rings. The number of nitrogens with zero attached hydrogens (tertiary/aromatic N) is 2. The van der Waals surface area contributed by atoms with Gasteiger partial charge in [-0.05, 0) is 56.2 Å². The number of benzene rings is 2. The van der Waals surface area contributed by atoms with E-state index in [-0.39, 0.29) is 12.4 Å². The van der Waals surface area contributed by atoms with E-state index in [1.807, 2.05) is 17.5 Å². The van der Waals surface area contributed by atoms with Gasteiger partial charge in [-0.3, -0.25) is 0 Å². The molecule has 0 amide bonds. The van der Waals surface area contributed by atoms with Gasteiger partial charge >= 0.3 is 5.97 Å². The highest BCUT2D eigenvalue weighted by atomic mass is 32.1. The lowest BCUT2D eigenvalue weighted by atomic mass is 10.0. The molecule has 0 atom stereocenters. The van der Waals surface area contributed by atoms with Gasteiger partial charge in [0.2, 0.25) is 0 Å². The molecule has 4 nitrogen and oxygen atoms in total. The van der Waals surface area contributed by atoms with E-state index >= 15 is 0 Å². The van der Waals surface area contributed by atoms with E-state index in [2.05, 4.69) is 35.9 Å². The Morgan fingerprint density at radius 2 is 1.73 bits per heavy atom. The van der Waals surface area contributed by atoms with Crippen LogP contribution in [0.25, 0.3) is 11.1 Å². The number of aliphatic imine (C=N–C) groups is 1. The third-order valence-corrected chi connectivity index (χ3v) is 5.65. The molecular weight excluding hydrogens is 399 g/mol. The first-order valence-electron chi connectivity index (χ1n) is 10.0. The molecule has 0 spiro atoms. The van der Waals surface area contributed by atoms with Crippen molar-refractivity contribution in [2.24, 2.45) is 4.99 Å². The van der Waals surface area contributed by atoms with E-state index in [1.165, 1.54) is 29.2 Å². The predicted molar refractivity (Wildman–Crippen MR) is 123 cm³/mol. The molecule has 6 heteroatoms. The van der Waals surface area contributed by atoms with Gasteiger partial charge in [-0.15, -0.1) is 11.3 Å². The van der Waals surface area contributed by atoms with Crippen LogP contribution in [0.2, 0.25) is 0 Å². The Kier molecular flexibility index (Phi) is 7.36. The first-order chi connectivity index (χ1) is 14.6. The minimum Gasteiger partial charge on any atom is -0.462 e. The second-order valence-electron chi connectivity index (χ2n) is 6.58. The van der Waals surface area contributed by atoms with Crippen molar-refractivity contribution >= 4 is 34.2 Å². The summed E-state index contributed by atoms with van der Waals surface area (Å²) in [6.07, 6.45) is 1.75. The maximum Gasteiger partial charge on any atom is 0.341 e. The average molecular weight is 425 g/mol. The Labute approximate surface area is 180 Å². The van der Waals surface area contributed by atoms with Crippen LogP contribution >= 0.6 is 11.3 Å². The molecule has 2 aromatic carbocycles. The van der Waals surface area contributed by atoms with E-state index in [9.17, 15) is 9.18 Å². The lowest BCUT2D eigenvalue weighted by Gasteiger charge is -2.20. The van der Waals surface area contributed by atoms with Gasteiger partial charge in [0.05, 0.1) is 6.61 Å². The molecule has 0 unspecified atom stereocenters. The second kappa shape index (κ2) is 10.2. The van der Waals surface area contributed by atoms with Crippen molar-refractivity contribution in [3.05, 3.63) is 70.9 Å². The summed E-state index contributed by atoms with van der Waals surface area (Å²) < 4.78 is 18.5. The summed E-state index contributed by atoms with van der Waals surface area (Å²) >= 11 is 1.36. The molecule has 1 heterocycles. The smallest absolute Gasteiger partial charge is 0.341 e. The minimum atomic E-state index is -0.429. The van der Waals surface area contributed by atoms with Gasteiger partial charge in [0.25, 0.3) is 0 Å². The number of anilines is 1. The van der Waals surface area contributed by atoms with Crippen molar-refractivity contribution in [3.8, 4) is 11.1 Å². The highest BCUT2D eigenvalue weighted by Crippen LogP contribution is 2.38. The fourth-order valence-corrected chi connectivity index (χ4v) is 4.09. The van der Waals surface area contributed by atoms with Crippen LogP contribution in [-0.4, -0.2) is 31.9 Å². The average Bonchev–Trinajstić information content (AvgIpc) is 3.19. The summed E-state index contributed by atoms with van der Waals surface area (Å²) in [5, 5.41) is 2.43. The first-order valence-corrected chi connectivity index (χ1v) is 10.9.